The van der Waals surface area contributed by atoms with Crippen molar-refractivity contribution in [3.63, 3.8) is 0 Å². The lowest BCUT2D eigenvalue weighted by molar-refractivity contribution is -0.136. The van der Waals surface area contributed by atoms with Gasteiger partial charge in [0.2, 0.25) is 5.91 Å². The van der Waals surface area contributed by atoms with E-state index in [9.17, 15) is 4.79 Å². The number of benzene rings is 1. The molecular weight excluding hydrogens is 382 g/mol. The average molecular weight is 416 g/mol. The lowest BCUT2D eigenvalue weighted by Gasteiger charge is -2.28. The fourth-order valence-electron chi connectivity index (χ4n) is 4.25. The molecule has 1 aliphatic heterocycles. The highest BCUT2D eigenvalue weighted by Gasteiger charge is 2.36. The van der Waals surface area contributed by atoms with E-state index in [2.05, 4.69) is 28.1 Å². The predicted molar refractivity (Wildman–Crippen MR) is 116 cm³/mol. The Labute approximate surface area is 178 Å². The van der Waals surface area contributed by atoms with Crippen molar-refractivity contribution in [3.8, 4) is 5.75 Å². The number of aromatic amines is 1. The largest absolute Gasteiger partial charge is 0.497 e. The molecule has 0 aliphatic carbocycles. The number of hydrogen-bond donors (Lipinski definition) is 1. The second-order valence-electron chi connectivity index (χ2n) is 7.80. The maximum atomic E-state index is 12.6. The van der Waals surface area contributed by atoms with E-state index < -0.39 is 0 Å². The van der Waals surface area contributed by atoms with Crippen molar-refractivity contribution in [3.05, 3.63) is 53.9 Å². The van der Waals surface area contributed by atoms with Crippen LogP contribution in [0.5, 0.6) is 5.75 Å². The normalized spacial score (nSPS) is 19.2. The number of nitrogens with zero attached hydrogens (tertiary/aromatic N) is 2. The highest BCUT2D eigenvalue weighted by Crippen LogP contribution is 2.35. The molecule has 1 N–H and O–H groups in total. The quantitative estimate of drug-likeness (QED) is 0.610. The first kappa shape index (κ1) is 22.3. The molecule has 7 nitrogen and oxygen atoms in total. The number of hydrogen-bond acceptors (Lipinski definition) is 5. The minimum atomic E-state index is 0.00163. The molecule has 164 valence electrons. The second kappa shape index (κ2) is 11.2. The summed E-state index contributed by atoms with van der Waals surface area (Å²) in [6.07, 6.45) is 1.96. The van der Waals surface area contributed by atoms with Crippen molar-refractivity contribution in [2.45, 2.75) is 12.5 Å². The third kappa shape index (κ3) is 5.84. The zero-order chi connectivity index (χ0) is 21.3. The third-order valence-electron chi connectivity index (χ3n) is 5.74. The molecule has 1 aromatic heterocycles. The molecule has 0 radical (unpaired) electrons. The minimum absolute atomic E-state index is 0.00163. The van der Waals surface area contributed by atoms with Crippen molar-refractivity contribution in [2.24, 2.45) is 5.92 Å². The van der Waals surface area contributed by atoms with Gasteiger partial charge in [-0.3, -0.25) is 9.69 Å². The molecular formula is C23H33N3O4. The maximum absolute atomic E-state index is 12.6. The van der Waals surface area contributed by atoms with Gasteiger partial charge in [0.15, 0.2) is 0 Å². The molecule has 2 atom stereocenters. The van der Waals surface area contributed by atoms with E-state index in [1.807, 2.05) is 29.3 Å². The molecule has 7 heteroatoms. The number of rotatable bonds is 11. The van der Waals surface area contributed by atoms with Crippen molar-refractivity contribution in [1.82, 2.24) is 14.8 Å². The van der Waals surface area contributed by atoms with E-state index in [-0.39, 0.29) is 12.5 Å². The SMILES string of the molecule is COCCN(CC1CN(Cc2ccc[nH]2)CC1c1cccc(OC)c1)C(=O)COC. The van der Waals surface area contributed by atoms with Gasteiger partial charge in [-0.25, -0.2) is 0 Å². The van der Waals surface area contributed by atoms with Crippen LogP contribution in [0.15, 0.2) is 42.6 Å². The molecule has 3 rings (SSSR count). The molecule has 0 bridgehead atoms. The van der Waals surface area contributed by atoms with Crippen LogP contribution >= 0.6 is 0 Å². The summed E-state index contributed by atoms with van der Waals surface area (Å²) in [6, 6.07) is 12.4. The summed E-state index contributed by atoms with van der Waals surface area (Å²) < 4.78 is 15.8. The van der Waals surface area contributed by atoms with Crippen LogP contribution in [0, 0.1) is 5.92 Å². The van der Waals surface area contributed by atoms with Crippen LogP contribution in [0.25, 0.3) is 0 Å². The Balaban J connectivity index is 1.79. The van der Waals surface area contributed by atoms with Crippen LogP contribution in [-0.2, 0) is 20.8 Å². The molecule has 1 saturated heterocycles. The van der Waals surface area contributed by atoms with Crippen LogP contribution < -0.4 is 4.74 Å². The highest BCUT2D eigenvalue weighted by atomic mass is 16.5. The summed E-state index contributed by atoms with van der Waals surface area (Å²) in [4.78, 5) is 20.3. The van der Waals surface area contributed by atoms with E-state index in [4.69, 9.17) is 14.2 Å². The molecule has 2 heterocycles. The van der Waals surface area contributed by atoms with E-state index in [1.165, 1.54) is 11.3 Å². The van der Waals surface area contributed by atoms with Gasteiger partial charge >= 0.3 is 0 Å². The van der Waals surface area contributed by atoms with Gasteiger partial charge in [0.25, 0.3) is 0 Å². The Morgan fingerprint density at radius 2 is 2.03 bits per heavy atom. The zero-order valence-corrected chi connectivity index (χ0v) is 18.2. The van der Waals surface area contributed by atoms with E-state index in [0.29, 0.717) is 31.5 Å². The molecule has 1 aliphatic rings. The molecule has 1 aromatic carbocycles. The second-order valence-corrected chi connectivity index (χ2v) is 7.80. The fourth-order valence-corrected chi connectivity index (χ4v) is 4.25. The lowest BCUT2D eigenvalue weighted by atomic mass is 9.88. The Kier molecular flexibility index (Phi) is 8.30. The summed E-state index contributed by atoms with van der Waals surface area (Å²) in [6.45, 7) is 4.57. The molecule has 2 aromatic rings. The van der Waals surface area contributed by atoms with Crippen molar-refractivity contribution in [2.75, 3.05) is 60.7 Å². The van der Waals surface area contributed by atoms with Gasteiger partial charge < -0.3 is 24.1 Å². The number of carbonyl (C=O) groups excluding carboxylic acids is 1. The lowest BCUT2D eigenvalue weighted by Crippen LogP contribution is -2.41. The average Bonchev–Trinajstić information content (AvgIpc) is 3.41. The van der Waals surface area contributed by atoms with Crippen molar-refractivity contribution in [1.29, 1.82) is 0 Å². The number of amides is 1. The van der Waals surface area contributed by atoms with Crippen LogP contribution in [0.2, 0.25) is 0 Å². The van der Waals surface area contributed by atoms with Crippen molar-refractivity contribution < 1.29 is 19.0 Å². The first-order valence-corrected chi connectivity index (χ1v) is 10.4. The fraction of sp³-hybridized carbons (Fsp3) is 0.522. The van der Waals surface area contributed by atoms with Gasteiger partial charge in [-0.2, -0.15) is 0 Å². The van der Waals surface area contributed by atoms with E-state index >= 15 is 0 Å². The van der Waals surface area contributed by atoms with Crippen LogP contribution in [0.3, 0.4) is 0 Å². The number of ether oxygens (including phenoxy) is 3. The van der Waals surface area contributed by atoms with E-state index in [0.717, 1.165) is 25.4 Å². The summed E-state index contributed by atoms with van der Waals surface area (Å²) >= 11 is 0. The van der Waals surface area contributed by atoms with Gasteiger partial charge in [0.1, 0.15) is 12.4 Å². The smallest absolute Gasteiger partial charge is 0.248 e. The van der Waals surface area contributed by atoms with Gasteiger partial charge in [-0.15, -0.1) is 0 Å². The van der Waals surface area contributed by atoms with Gasteiger partial charge in [-0.05, 0) is 35.7 Å². The summed E-state index contributed by atoms with van der Waals surface area (Å²) in [5.74, 6) is 1.49. The summed E-state index contributed by atoms with van der Waals surface area (Å²) in [7, 11) is 4.91. The van der Waals surface area contributed by atoms with Crippen LogP contribution in [-0.4, -0.2) is 81.4 Å². The summed E-state index contributed by atoms with van der Waals surface area (Å²) in [5.41, 5.74) is 2.45. The highest BCUT2D eigenvalue weighted by molar-refractivity contribution is 5.77. The van der Waals surface area contributed by atoms with Crippen molar-refractivity contribution >= 4 is 5.91 Å². The van der Waals surface area contributed by atoms with Gasteiger partial charge in [0.05, 0.1) is 13.7 Å². The van der Waals surface area contributed by atoms with Crippen LogP contribution in [0.1, 0.15) is 17.2 Å². The number of nitrogens with one attached hydrogen (secondary N) is 1. The number of H-pyrrole nitrogens is 1. The topological polar surface area (TPSA) is 67.0 Å². The predicted octanol–water partition coefficient (Wildman–Crippen LogP) is 2.36. The molecule has 1 amide bonds. The number of carbonyl (C=O) groups is 1. The standard InChI is InChI=1S/C23H33N3O4/c1-28-11-10-26(23(27)17-29-2)14-19-13-25(15-20-7-5-9-24-20)16-22(19)18-6-4-8-21(12-18)30-3/h4-9,12,19,22,24H,10-11,13-17H2,1-3H3. The van der Waals surface area contributed by atoms with Crippen LogP contribution in [0.4, 0.5) is 0 Å². The molecule has 2 unspecified atom stereocenters. The van der Waals surface area contributed by atoms with E-state index in [1.54, 1.807) is 21.3 Å². The Hall–Kier alpha value is -2.35. The minimum Gasteiger partial charge on any atom is -0.497 e. The Morgan fingerprint density at radius 1 is 1.17 bits per heavy atom. The zero-order valence-electron chi connectivity index (χ0n) is 18.2. The number of aromatic nitrogens is 1. The third-order valence-corrected chi connectivity index (χ3v) is 5.74. The summed E-state index contributed by atoms with van der Waals surface area (Å²) in [5, 5.41) is 0. The molecule has 1 fully saturated rings. The van der Waals surface area contributed by atoms with Gasteiger partial charge in [0, 0.05) is 64.8 Å². The van der Waals surface area contributed by atoms with Gasteiger partial charge in [-0.1, -0.05) is 12.1 Å². The first-order chi connectivity index (χ1) is 14.6. The Bertz CT molecular complexity index is 781. The first-order valence-electron chi connectivity index (χ1n) is 10.4. The molecule has 0 spiro atoms. The maximum Gasteiger partial charge on any atom is 0.248 e. The molecule has 0 saturated carbocycles. The number of likely N-dealkylation sites (tertiary alicyclic amines) is 1. The monoisotopic (exact) mass is 415 g/mol. The Morgan fingerprint density at radius 3 is 2.73 bits per heavy atom. The molecule has 30 heavy (non-hydrogen) atoms. The number of methoxy groups -OCH3 is 3.